The van der Waals surface area contributed by atoms with Crippen LogP contribution in [-0.4, -0.2) is 24.0 Å². The predicted octanol–water partition coefficient (Wildman–Crippen LogP) is -0.194. The molecule has 0 aliphatic rings. The Morgan fingerprint density at radius 1 is 1.40 bits per heavy atom. The zero-order valence-electron chi connectivity index (χ0n) is 7.49. The van der Waals surface area contributed by atoms with Crippen molar-refractivity contribution in [2.75, 3.05) is 0 Å². The molecule has 82 valence electrons. The molecule has 4 N–H and O–H groups in total. The van der Waals surface area contributed by atoms with Crippen molar-refractivity contribution in [3.63, 3.8) is 0 Å². The number of aromatic hydroxyl groups is 1. The summed E-state index contributed by atoms with van der Waals surface area (Å²) in [6, 6.07) is 4.95. The van der Waals surface area contributed by atoms with E-state index < -0.39 is 21.3 Å². The Kier molecular flexibility index (Phi) is 2.96. The van der Waals surface area contributed by atoms with E-state index in [0.29, 0.717) is 0 Å². The molecule has 15 heavy (non-hydrogen) atoms. The third-order valence-corrected chi connectivity index (χ3v) is 2.83. The summed E-state index contributed by atoms with van der Waals surface area (Å²) in [5.41, 5.74) is 4.77. The monoisotopic (exact) mass is 231 g/mol. The van der Waals surface area contributed by atoms with Gasteiger partial charge in [-0.2, -0.15) is 8.42 Å². The molecule has 1 aromatic rings. The highest BCUT2D eigenvalue weighted by molar-refractivity contribution is 7.86. The fraction of sp³-hybridized carbons (Fsp3) is 0.125. The van der Waals surface area contributed by atoms with Crippen LogP contribution in [-0.2, 0) is 14.9 Å². The van der Waals surface area contributed by atoms with Crippen molar-refractivity contribution in [3.8, 4) is 5.75 Å². The van der Waals surface area contributed by atoms with Crippen LogP contribution in [0.5, 0.6) is 5.75 Å². The lowest BCUT2D eigenvalue weighted by atomic mass is 10.1. The second-order valence-corrected chi connectivity index (χ2v) is 4.39. The van der Waals surface area contributed by atoms with E-state index >= 15 is 0 Å². The van der Waals surface area contributed by atoms with Crippen LogP contribution in [0.25, 0.3) is 0 Å². The van der Waals surface area contributed by atoms with E-state index in [1.165, 1.54) is 18.2 Å². The number of carbonyl (C=O) groups excluding carboxylic acids is 1. The minimum absolute atomic E-state index is 0.0787. The second-order valence-electron chi connectivity index (χ2n) is 2.89. The third kappa shape index (κ3) is 2.67. The van der Waals surface area contributed by atoms with Gasteiger partial charge in [-0.3, -0.25) is 9.35 Å². The Labute approximate surface area is 86.1 Å². The molecule has 0 saturated carbocycles. The van der Waals surface area contributed by atoms with E-state index in [9.17, 15) is 13.2 Å². The largest absolute Gasteiger partial charge is 0.508 e. The number of phenols is 1. The molecule has 1 amide bonds. The molecule has 1 rings (SSSR count). The highest BCUT2D eigenvalue weighted by Crippen LogP contribution is 2.23. The molecule has 6 nitrogen and oxygen atoms in total. The highest BCUT2D eigenvalue weighted by Gasteiger charge is 2.30. The summed E-state index contributed by atoms with van der Waals surface area (Å²) in [6.45, 7) is 0. The van der Waals surface area contributed by atoms with Gasteiger partial charge in [0, 0.05) is 0 Å². The van der Waals surface area contributed by atoms with Crippen molar-refractivity contribution in [2.45, 2.75) is 5.25 Å². The van der Waals surface area contributed by atoms with Gasteiger partial charge in [-0.15, -0.1) is 0 Å². The van der Waals surface area contributed by atoms with Crippen molar-refractivity contribution in [2.24, 2.45) is 5.73 Å². The number of primary amides is 1. The maximum Gasteiger partial charge on any atom is 0.281 e. The van der Waals surface area contributed by atoms with E-state index in [2.05, 4.69) is 0 Å². The van der Waals surface area contributed by atoms with Gasteiger partial charge in [0.25, 0.3) is 10.1 Å². The minimum atomic E-state index is -4.62. The van der Waals surface area contributed by atoms with Crippen LogP contribution < -0.4 is 5.73 Å². The molecule has 0 aromatic heterocycles. The normalized spacial score (nSPS) is 13.4. The van der Waals surface area contributed by atoms with Crippen LogP contribution in [0.2, 0.25) is 0 Å². The summed E-state index contributed by atoms with van der Waals surface area (Å²) in [4.78, 5) is 10.9. The van der Waals surface area contributed by atoms with Crippen molar-refractivity contribution >= 4 is 16.0 Å². The zero-order chi connectivity index (χ0) is 11.6. The summed E-state index contributed by atoms with van der Waals surface area (Å²) in [7, 11) is -4.62. The molecule has 0 spiro atoms. The lowest BCUT2D eigenvalue weighted by Gasteiger charge is -2.10. The topological polar surface area (TPSA) is 118 Å². The number of rotatable bonds is 3. The molecule has 1 unspecified atom stereocenters. The van der Waals surface area contributed by atoms with E-state index in [1.54, 1.807) is 0 Å². The standard InChI is InChI=1S/C8H9NO5S/c9-8(11)7(15(12,13)14)5-2-1-3-6(10)4-5/h1-4,7,10H,(H2,9,11)(H,12,13,14). The van der Waals surface area contributed by atoms with Crippen LogP contribution >= 0.6 is 0 Å². The van der Waals surface area contributed by atoms with Gasteiger partial charge in [0.05, 0.1) is 0 Å². The Morgan fingerprint density at radius 2 is 2.00 bits per heavy atom. The van der Waals surface area contributed by atoms with Crippen molar-refractivity contribution < 1.29 is 22.9 Å². The Hall–Kier alpha value is -1.60. The van der Waals surface area contributed by atoms with Crippen LogP contribution in [0.1, 0.15) is 10.8 Å². The van der Waals surface area contributed by atoms with Gasteiger partial charge in [-0.1, -0.05) is 12.1 Å². The Balaban J connectivity index is 3.29. The molecule has 1 aromatic carbocycles. The van der Waals surface area contributed by atoms with Gasteiger partial charge < -0.3 is 10.8 Å². The van der Waals surface area contributed by atoms with Crippen LogP contribution in [0.3, 0.4) is 0 Å². The number of hydrogen-bond donors (Lipinski definition) is 3. The maximum absolute atomic E-state index is 10.9. The first-order chi connectivity index (χ1) is 6.82. The quantitative estimate of drug-likeness (QED) is 0.623. The van der Waals surface area contributed by atoms with Gasteiger partial charge in [0.2, 0.25) is 5.91 Å². The smallest absolute Gasteiger partial charge is 0.281 e. The fourth-order valence-electron chi connectivity index (χ4n) is 1.17. The number of amides is 1. The first-order valence-corrected chi connectivity index (χ1v) is 5.37. The first kappa shape index (κ1) is 11.5. The van der Waals surface area contributed by atoms with Gasteiger partial charge in [0.15, 0.2) is 5.25 Å². The van der Waals surface area contributed by atoms with Crippen molar-refractivity contribution in [1.29, 1.82) is 0 Å². The lowest BCUT2D eigenvalue weighted by molar-refractivity contribution is -0.117. The number of phenolic OH excluding ortho intramolecular Hbond substituents is 1. The average molecular weight is 231 g/mol. The number of hydrogen-bond acceptors (Lipinski definition) is 4. The zero-order valence-corrected chi connectivity index (χ0v) is 8.31. The molecule has 0 bridgehead atoms. The van der Waals surface area contributed by atoms with Gasteiger partial charge in [-0.05, 0) is 17.7 Å². The molecule has 0 aliphatic heterocycles. The van der Waals surface area contributed by atoms with Gasteiger partial charge >= 0.3 is 0 Å². The summed E-state index contributed by atoms with van der Waals surface area (Å²) >= 11 is 0. The number of carbonyl (C=O) groups is 1. The lowest BCUT2D eigenvalue weighted by Crippen LogP contribution is -2.27. The molecule has 0 heterocycles. The summed E-state index contributed by atoms with van der Waals surface area (Å²) in [6.07, 6.45) is 0. The summed E-state index contributed by atoms with van der Waals surface area (Å²) < 4.78 is 30.5. The van der Waals surface area contributed by atoms with Crippen molar-refractivity contribution in [3.05, 3.63) is 29.8 Å². The van der Waals surface area contributed by atoms with Crippen LogP contribution in [0.15, 0.2) is 24.3 Å². The number of benzene rings is 1. The minimum Gasteiger partial charge on any atom is -0.508 e. The SMILES string of the molecule is NC(=O)C(c1cccc(O)c1)S(=O)(=O)O. The maximum atomic E-state index is 10.9. The van der Waals surface area contributed by atoms with E-state index in [1.807, 2.05) is 0 Å². The Morgan fingerprint density at radius 3 is 2.40 bits per heavy atom. The molecule has 0 fully saturated rings. The number of nitrogens with two attached hydrogens (primary N) is 1. The Bertz CT molecular complexity index is 482. The predicted molar refractivity (Wildman–Crippen MR) is 51.6 cm³/mol. The van der Waals surface area contributed by atoms with Crippen LogP contribution in [0.4, 0.5) is 0 Å². The summed E-state index contributed by atoms with van der Waals surface area (Å²) in [5.74, 6) is -1.43. The van der Waals surface area contributed by atoms with E-state index in [-0.39, 0.29) is 11.3 Å². The van der Waals surface area contributed by atoms with Gasteiger partial charge in [0.1, 0.15) is 5.75 Å². The van der Waals surface area contributed by atoms with E-state index in [0.717, 1.165) is 6.07 Å². The molecular formula is C8H9NO5S. The molecule has 0 radical (unpaired) electrons. The first-order valence-electron chi connectivity index (χ1n) is 3.87. The van der Waals surface area contributed by atoms with Gasteiger partial charge in [-0.25, -0.2) is 0 Å². The highest BCUT2D eigenvalue weighted by atomic mass is 32.2. The second kappa shape index (κ2) is 3.87. The van der Waals surface area contributed by atoms with E-state index in [4.69, 9.17) is 15.4 Å². The fourth-order valence-corrected chi connectivity index (χ4v) is 1.96. The third-order valence-electron chi connectivity index (χ3n) is 1.73. The molecular weight excluding hydrogens is 222 g/mol. The summed E-state index contributed by atoms with van der Waals surface area (Å²) in [5, 5.41) is 7.22. The van der Waals surface area contributed by atoms with Crippen molar-refractivity contribution in [1.82, 2.24) is 0 Å². The average Bonchev–Trinajstić information content (AvgIpc) is 1.99. The molecule has 7 heteroatoms. The molecule has 1 atom stereocenters. The molecule has 0 saturated heterocycles. The van der Waals surface area contributed by atoms with Crippen LogP contribution in [0, 0.1) is 0 Å². The molecule has 0 aliphatic carbocycles.